The van der Waals surface area contributed by atoms with Gasteiger partial charge in [0.25, 0.3) is 5.91 Å². The smallest absolute Gasteiger partial charge is 0.252 e. The van der Waals surface area contributed by atoms with Crippen molar-refractivity contribution in [1.82, 2.24) is 9.88 Å². The first-order valence-electron chi connectivity index (χ1n) is 9.22. The number of morpholine rings is 1. The number of para-hydroxylation sites is 1. The number of nitrogens with one attached hydrogen (secondary N) is 1. The van der Waals surface area contributed by atoms with Crippen LogP contribution in [0.25, 0.3) is 10.9 Å². The van der Waals surface area contributed by atoms with Crippen molar-refractivity contribution in [2.45, 2.75) is 44.9 Å². The molecule has 5 nitrogen and oxygen atoms in total. The number of hydrogen-bond donors (Lipinski definition) is 1. The third kappa shape index (κ3) is 3.18. The van der Waals surface area contributed by atoms with Gasteiger partial charge in [0.05, 0.1) is 25.4 Å². The molecule has 2 aliphatic rings. The summed E-state index contributed by atoms with van der Waals surface area (Å²) in [6, 6.07) is 8.35. The summed E-state index contributed by atoms with van der Waals surface area (Å²) in [5.74, 6) is 0.407. The van der Waals surface area contributed by atoms with Gasteiger partial charge in [-0.05, 0) is 37.3 Å². The van der Waals surface area contributed by atoms with E-state index in [9.17, 15) is 4.79 Å². The molecule has 4 rings (SSSR count). The van der Waals surface area contributed by atoms with Crippen molar-refractivity contribution in [1.29, 1.82) is 0 Å². The Balaban J connectivity index is 1.54. The van der Waals surface area contributed by atoms with E-state index in [4.69, 9.17) is 9.47 Å². The average Bonchev–Trinajstić information content (AvgIpc) is 3.18. The molecule has 0 saturated carbocycles. The maximum absolute atomic E-state index is 13.1. The normalized spacial score (nSPS) is 30.1. The Labute approximate surface area is 148 Å². The van der Waals surface area contributed by atoms with Crippen LogP contribution in [0.4, 0.5) is 0 Å². The molecule has 2 fully saturated rings. The number of ether oxygens (including phenoxy) is 2. The third-order valence-electron chi connectivity index (χ3n) is 5.48. The molecule has 0 spiro atoms. The van der Waals surface area contributed by atoms with E-state index in [1.165, 1.54) is 10.9 Å². The van der Waals surface area contributed by atoms with Crippen LogP contribution in [0.15, 0.2) is 30.5 Å². The molecule has 134 valence electrons. The Morgan fingerprint density at radius 3 is 2.96 bits per heavy atom. The quantitative estimate of drug-likeness (QED) is 0.933. The fourth-order valence-electron chi connectivity index (χ4n) is 4.22. The molecular formula is C20H26N2O3. The van der Waals surface area contributed by atoms with Crippen LogP contribution in [0.5, 0.6) is 0 Å². The average molecular weight is 342 g/mol. The molecule has 25 heavy (non-hydrogen) atoms. The van der Waals surface area contributed by atoms with Gasteiger partial charge in [-0.3, -0.25) is 4.79 Å². The van der Waals surface area contributed by atoms with Gasteiger partial charge in [-0.25, -0.2) is 0 Å². The number of amides is 1. The van der Waals surface area contributed by atoms with Crippen LogP contribution in [-0.2, 0) is 20.7 Å². The lowest BCUT2D eigenvalue weighted by Crippen LogP contribution is -2.53. The number of nitrogens with zero attached hydrogens (tertiary/aromatic N) is 1. The summed E-state index contributed by atoms with van der Waals surface area (Å²) in [6.07, 6.45) is 3.66. The second-order valence-corrected chi connectivity index (χ2v) is 7.40. The predicted octanol–water partition coefficient (Wildman–Crippen LogP) is 2.75. The summed E-state index contributed by atoms with van der Waals surface area (Å²) in [5.41, 5.74) is 2.37. The lowest BCUT2D eigenvalue weighted by Gasteiger charge is -2.37. The summed E-state index contributed by atoms with van der Waals surface area (Å²) in [4.78, 5) is 18.4. The Kier molecular flexibility index (Phi) is 4.52. The first-order valence-corrected chi connectivity index (χ1v) is 9.22. The molecule has 2 aliphatic heterocycles. The molecule has 2 saturated heterocycles. The SMILES string of the molecule is CC1CC(C)C(C(=O)N2CCOCC2Cc2c[nH]c3ccccc23)O1. The van der Waals surface area contributed by atoms with Gasteiger partial charge in [0.2, 0.25) is 0 Å². The highest BCUT2D eigenvalue weighted by Gasteiger charge is 2.40. The van der Waals surface area contributed by atoms with Crippen LogP contribution in [0, 0.1) is 5.92 Å². The van der Waals surface area contributed by atoms with Gasteiger partial charge in [-0.1, -0.05) is 25.1 Å². The number of benzene rings is 1. The van der Waals surface area contributed by atoms with Gasteiger partial charge in [0.1, 0.15) is 6.10 Å². The number of carbonyl (C=O) groups excluding carboxylic acids is 1. The second-order valence-electron chi connectivity index (χ2n) is 7.40. The highest BCUT2D eigenvalue weighted by Crippen LogP contribution is 2.29. The molecule has 1 aromatic carbocycles. The van der Waals surface area contributed by atoms with Gasteiger partial charge >= 0.3 is 0 Å². The van der Waals surface area contributed by atoms with Crippen LogP contribution in [-0.4, -0.2) is 53.8 Å². The van der Waals surface area contributed by atoms with Gasteiger partial charge < -0.3 is 19.4 Å². The van der Waals surface area contributed by atoms with Gasteiger partial charge in [0.15, 0.2) is 0 Å². The van der Waals surface area contributed by atoms with Gasteiger partial charge in [-0.15, -0.1) is 0 Å². The minimum Gasteiger partial charge on any atom is -0.377 e. The van der Waals surface area contributed by atoms with Crippen molar-refractivity contribution in [3.63, 3.8) is 0 Å². The first-order chi connectivity index (χ1) is 12.1. The minimum atomic E-state index is -0.307. The molecule has 0 radical (unpaired) electrons. The molecule has 0 aliphatic carbocycles. The second kappa shape index (κ2) is 6.81. The van der Waals surface area contributed by atoms with Gasteiger partial charge in [0, 0.05) is 23.6 Å². The van der Waals surface area contributed by atoms with Crippen molar-refractivity contribution in [3.8, 4) is 0 Å². The number of hydrogen-bond acceptors (Lipinski definition) is 3. The highest BCUT2D eigenvalue weighted by atomic mass is 16.5. The van der Waals surface area contributed by atoms with Crippen LogP contribution in [0.2, 0.25) is 0 Å². The number of aromatic amines is 1. The molecule has 4 unspecified atom stereocenters. The molecule has 1 aromatic heterocycles. The summed E-state index contributed by atoms with van der Waals surface area (Å²) in [5, 5.41) is 1.22. The Morgan fingerprint density at radius 1 is 1.32 bits per heavy atom. The largest absolute Gasteiger partial charge is 0.377 e. The summed E-state index contributed by atoms with van der Waals surface area (Å²) in [7, 11) is 0. The molecule has 5 heteroatoms. The third-order valence-corrected chi connectivity index (χ3v) is 5.48. The molecule has 2 aromatic rings. The number of rotatable bonds is 3. The van der Waals surface area contributed by atoms with Crippen LogP contribution in [0.3, 0.4) is 0 Å². The van der Waals surface area contributed by atoms with Crippen molar-refractivity contribution < 1.29 is 14.3 Å². The summed E-state index contributed by atoms with van der Waals surface area (Å²) < 4.78 is 11.6. The fourth-order valence-corrected chi connectivity index (χ4v) is 4.22. The summed E-state index contributed by atoms with van der Waals surface area (Å²) in [6.45, 7) is 6.00. The van der Waals surface area contributed by atoms with E-state index >= 15 is 0 Å². The molecule has 4 atom stereocenters. The molecule has 1 N–H and O–H groups in total. The predicted molar refractivity (Wildman–Crippen MR) is 96.4 cm³/mol. The number of fused-ring (bicyclic) bond motifs is 1. The van der Waals surface area contributed by atoms with E-state index in [-0.39, 0.29) is 30.1 Å². The van der Waals surface area contributed by atoms with Crippen LogP contribution in [0.1, 0.15) is 25.8 Å². The fraction of sp³-hybridized carbons (Fsp3) is 0.550. The Bertz CT molecular complexity index is 756. The molecule has 0 bridgehead atoms. The zero-order valence-electron chi connectivity index (χ0n) is 14.9. The lowest BCUT2D eigenvalue weighted by molar-refractivity contribution is -0.152. The van der Waals surface area contributed by atoms with Crippen molar-refractivity contribution in [2.75, 3.05) is 19.8 Å². The number of aromatic nitrogens is 1. The zero-order chi connectivity index (χ0) is 17.4. The number of H-pyrrole nitrogens is 1. The van der Waals surface area contributed by atoms with Gasteiger partial charge in [-0.2, -0.15) is 0 Å². The zero-order valence-corrected chi connectivity index (χ0v) is 14.9. The van der Waals surface area contributed by atoms with E-state index in [1.54, 1.807) is 0 Å². The number of carbonyl (C=O) groups is 1. The van der Waals surface area contributed by atoms with E-state index < -0.39 is 0 Å². The summed E-state index contributed by atoms with van der Waals surface area (Å²) >= 11 is 0. The van der Waals surface area contributed by atoms with E-state index in [2.05, 4.69) is 36.3 Å². The topological polar surface area (TPSA) is 54.6 Å². The van der Waals surface area contributed by atoms with Crippen LogP contribution < -0.4 is 0 Å². The Morgan fingerprint density at radius 2 is 2.16 bits per heavy atom. The van der Waals surface area contributed by atoms with Crippen molar-refractivity contribution >= 4 is 16.8 Å². The van der Waals surface area contributed by atoms with Crippen molar-refractivity contribution in [2.24, 2.45) is 5.92 Å². The standard InChI is InChI=1S/C20H26N2O3/c1-13-9-14(2)25-19(13)20(23)22-7-8-24-12-16(22)10-15-11-21-18-6-4-3-5-17(15)18/h3-6,11,13-14,16,19,21H,7-10,12H2,1-2H3. The minimum absolute atomic E-state index is 0.0622. The highest BCUT2D eigenvalue weighted by molar-refractivity contribution is 5.84. The molecule has 1 amide bonds. The monoisotopic (exact) mass is 342 g/mol. The molecular weight excluding hydrogens is 316 g/mol. The Hall–Kier alpha value is -1.85. The maximum atomic E-state index is 13.1. The van der Waals surface area contributed by atoms with Crippen LogP contribution >= 0.6 is 0 Å². The van der Waals surface area contributed by atoms with E-state index in [0.29, 0.717) is 19.8 Å². The lowest BCUT2D eigenvalue weighted by atomic mass is 9.98. The first kappa shape index (κ1) is 16.6. The van der Waals surface area contributed by atoms with Crippen molar-refractivity contribution in [3.05, 3.63) is 36.0 Å². The maximum Gasteiger partial charge on any atom is 0.252 e. The van der Waals surface area contributed by atoms with E-state index in [1.807, 2.05) is 17.9 Å². The van der Waals surface area contributed by atoms with E-state index in [0.717, 1.165) is 18.4 Å². The molecule has 3 heterocycles.